The molecule has 1 aromatic rings. The summed E-state index contributed by atoms with van der Waals surface area (Å²) in [5.74, 6) is 0.726. The zero-order valence-corrected chi connectivity index (χ0v) is 11.4. The minimum atomic E-state index is -3.62. The molecule has 0 saturated heterocycles. The number of halogens is 2. The van der Waals surface area contributed by atoms with Crippen LogP contribution in [0.2, 0.25) is 0 Å². The van der Waals surface area contributed by atoms with Crippen LogP contribution in [0, 0.1) is 6.92 Å². The van der Waals surface area contributed by atoms with Gasteiger partial charge in [0.1, 0.15) is 0 Å². The maximum Gasteiger partial charge on any atom is 0.236 e. The summed E-state index contributed by atoms with van der Waals surface area (Å²) in [6.45, 7) is 1.89. The molecule has 0 unspecified atom stereocenters. The van der Waals surface area contributed by atoms with E-state index in [0.29, 0.717) is 17.1 Å². The van der Waals surface area contributed by atoms with Crippen molar-refractivity contribution in [2.45, 2.75) is 12.7 Å². The van der Waals surface area contributed by atoms with Crippen LogP contribution < -0.4 is 9.47 Å². The fourth-order valence-corrected chi connectivity index (χ4v) is 2.98. The average molecular weight is 328 g/mol. The number of hydrogen-bond acceptors (Lipinski definition) is 4. The van der Waals surface area contributed by atoms with Crippen molar-refractivity contribution in [3.05, 3.63) is 21.7 Å². The lowest BCUT2D eigenvalue weighted by Gasteiger charge is -2.09. The van der Waals surface area contributed by atoms with Crippen LogP contribution in [-0.4, -0.2) is 15.2 Å². The zero-order valence-electron chi connectivity index (χ0n) is 8.29. The van der Waals surface area contributed by atoms with E-state index in [2.05, 4.69) is 15.9 Å². The van der Waals surface area contributed by atoms with Crippen LogP contribution in [0.3, 0.4) is 0 Å². The van der Waals surface area contributed by atoms with Gasteiger partial charge in [-0.15, -0.1) is 0 Å². The van der Waals surface area contributed by atoms with E-state index < -0.39 is 9.05 Å². The molecule has 0 bridgehead atoms. The number of ether oxygens (including phenoxy) is 2. The van der Waals surface area contributed by atoms with E-state index >= 15 is 0 Å². The van der Waals surface area contributed by atoms with E-state index in [1.807, 2.05) is 0 Å². The van der Waals surface area contributed by atoms with Gasteiger partial charge in [0.05, 0.1) is 5.75 Å². The molecule has 0 fully saturated rings. The van der Waals surface area contributed by atoms with Gasteiger partial charge in [-0.3, -0.25) is 0 Å². The van der Waals surface area contributed by atoms with Gasteiger partial charge in [0.2, 0.25) is 15.8 Å². The Balaban J connectivity index is 2.59. The molecular weight excluding hydrogens is 320 g/mol. The van der Waals surface area contributed by atoms with Gasteiger partial charge in [-0.25, -0.2) is 8.42 Å². The molecule has 0 aliphatic carbocycles. The standard InChI is InChI=1S/C9H8BrClO4S/c1-5-6(3-16(11,12)13)9-8(2-7(5)10)14-4-15-9/h2H,3-4H2,1H3. The highest BCUT2D eigenvalue weighted by Gasteiger charge is 2.24. The first kappa shape index (κ1) is 12.0. The van der Waals surface area contributed by atoms with Gasteiger partial charge in [0, 0.05) is 20.7 Å². The van der Waals surface area contributed by atoms with Gasteiger partial charge in [-0.2, -0.15) is 0 Å². The first-order chi connectivity index (χ1) is 7.38. The van der Waals surface area contributed by atoms with E-state index in [4.69, 9.17) is 20.2 Å². The number of fused-ring (bicyclic) bond motifs is 1. The van der Waals surface area contributed by atoms with E-state index in [9.17, 15) is 8.42 Å². The third kappa shape index (κ3) is 2.28. The first-order valence-corrected chi connectivity index (χ1v) is 7.65. The second kappa shape index (κ2) is 4.09. The molecule has 0 spiro atoms. The monoisotopic (exact) mass is 326 g/mol. The smallest absolute Gasteiger partial charge is 0.236 e. The summed E-state index contributed by atoms with van der Waals surface area (Å²) in [7, 11) is 1.63. The highest BCUT2D eigenvalue weighted by atomic mass is 79.9. The van der Waals surface area contributed by atoms with Crippen LogP contribution in [0.4, 0.5) is 0 Å². The van der Waals surface area contributed by atoms with Crippen molar-refractivity contribution in [3.8, 4) is 11.5 Å². The maximum atomic E-state index is 11.1. The molecule has 0 radical (unpaired) electrons. The van der Waals surface area contributed by atoms with Crippen molar-refractivity contribution < 1.29 is 17.9 Å². The van der Waals surface area contributed by atoms with E-state index in [-0.39, 0.29) is 12.5 Å². The van der Waals surface area contributed by atoms with Crippen LogP contribution in [-0.2, 0) is 14.8 Å². The lowest BCUT2D eigenvalue weighted by Crippen LogP contribution is -2.01. The molecule has 1 aliphatic rings. The van der Waals surface area contributed by atoms with Crippen LogP contribution >= 0.6 is 26.6 Å². The summed E-state index contributed by atoms with van der Waals surface area (Å²) in [6.07, 6.45) is 0. The summed E-state index contributed by atoms with van der Waals surface area (Å²) in [4.78, 5) is 0. The van der Waals surface area contributed by atoms with Crippen LogP contribution in [0.5, 0.6) is 11.5 Å². The van der Waals surface area contributed by atoms with Crippen LogP contribution in [0.15, 0.2) is 10.5 Å². The Bertz CT molecular complexity index is 541. The molecule has 7 heteroatoms. The Kier molecular flexibility index (Phi) is 3.07. The van der Waals surface area contributed by atoms with Gasteiger partial charge in [-0.05, 0) is 18.6 Å². The molecule has 0 aromatic heterocycles. The third-order valence-electron chi connectivity index (χ3n) is 2.30. The van der Waals surface area contributed by atoms with Gasteiger partial charge >= 0.3 is 0 Å². The molecule has 4 nitrogen and oxygen atoms in total. The van der Waals surface area contributed by atoms with Gasteiger partial charge < -0.3 is 9.47 Å². The Labute approximate surface area is 106 Å². The lowest BCUT2D eigenvalue weighted by atomic mass is 10.1. The Morgan fingerprint density at radius 3 is 2.81 bits per heavy atom. The predicted octanol–water partition coefficient (Wildman–Crippen LogP) is 2.55. The minimum Gasteiger partial charge on any atom is -0.454 e. The molecule has 0 saturated carbocycles. The fraction of sp³-hybridized carbons (Fsp3) is 0.333. The molecule has 1 aromatic carbocycles. The molecule has 0 atom stereocenters. The molecule has 0 amide bonds. The normalized spacial score (nSPS) is 14.2. The van der Waals surface area contributed by atoms with Gasteiger partial charge in [-0.1, -0.05) is 15.9 Å². The lowest BCUT2D eigenvalue weighted by molar-refractivity contribution is 0.173. The highest BCUT2D eigenvalue weighted by molar-refractivity contribution is 9.10. The fourth-order valence-electron chi connectivity index (χ4n) is 1.52. The number of hydrogen-bond donors (Lipinski definition) is 0. The van der Waals surface area contributed by atoms with Crippen LogP contribution in [0.1, 0.15) is 11.1 Å². The largest absolute Gasteiger partial charge is 0.454 e. The van der Waals surface area contributed by atoms with E-state index in [0.717, 1.165) is 10.0 Å². The Hall–Kier alpha value is -0.460. The summed E-state index contributed by atoms with van der Waals surface area (Å²) < 4.78 is 33.5. The molecule has 16 heavy (non-hydrogen) atoms. The second-order valence-corrected chi connectivity index (χ2v) is 7.01. The molecule has 1 aliphatic heterocycles. The number of benzene rings is 1. The number of rotatable bonds is 2. The average Bonchev–Trinajstić information content (AvgIpc) is 2.58. The molecule has 1 heterocycles. The molecular formula is C9H8BrClO4S. The van der Waals surface area contributed by atoms with E-state index in [1.54, 1.807) is 13.0 Å². The zero-order chi connectivity index (χ0) is 11.9. The van der Waals surface area contributed by atoms with Crippen molar-refractivity contribution in [2.75, 3.05) is 6.79 Å². The Morgan fingerprint density at radius 1 is 1.50 bits per heavy atom. The topological polar surface area (TPSA) is 52.6 Å². The van der Waals surface area contributed by atoms with E-state index in [1.165, 1.54) is 0 Å². The molecule has 2 rings (SSSR count). The molecule has 88 valence electrons. The first-order valence-electron chi connectivity index (χ1n) is 4.38. The SMILES string of the molecule is Cc1c(Br)cc2c(c1CS(=O)(=O)Cl)OCO2. The second-order valence-electron chi connectivity index (χ2n) is 3.38. The third-order valence-corrected chi connectivity index (χ3v) is 4.09. The predicted molar refractivity (Wildman–Crippen MR) is 63.5 cm³/mol. The highest BCUT2D eigenvalue weighted by Crippen LogP contribution is 2.42. The van der Waals surface area contributed by atoms with Gasteiger partial charge in [0.15, 0.2) is 11.5 Å². The van der Waals surface area contributed by atoms with Crippen molar-refractivity contribution in [3.63, 3.8) is 0 Å². The van der Waals surface area contributed by atoms with Crippen molar-refractivity contribution >= 4 is 35.7 Å². The quantitative estimate of drug-likeness (QED) is 0.783. The van der Waals surface area contributed by atoms with Crippen LogP contribution in [0.25, 0.3) is 0 Å². The van der Waals surface area contributed by atoms with Gasteiger partial charge in [0.25, 0.3) is 0 Å². The summed E-state index contributed by atoms with van der Waals surface area (Å²) in [5.41, 5.74) is 1.32. The maximum absolute atomic E-state index is 11.1. The Morgan fingerprint density at radius 2 is 2.19 bits per heavy atom. The summed E-state index contributed by atoms with van der Waals surface area (Å²) in [6, 6.07) is 1.75. The summed E-state index contributed by atoms with van der Waals surface area (Å²) >= 11 is 3.33. The van der Waals surface area contributed by atoms with Crippen molar-refractivity contribution in [1.82, 2.24) is 0 Å². The minimum absolute atomic E-state index is 0.0978. The molecule has 0 N–H and O–H groups in total. The van der Waals surface area contributed by atoms with Crippen molar-refractivity contribution in [1.29, 1.82) is 0 Å². The van der Waals surface area contributed by atoms with Crippen molar-refractivity contribution in [2.24, 2.45) is 0 Å². The summed E-state index contributed by atoms with van der Waals surface area (Å²) in [5, 5.41) is 0.